The van der Waals surface area contributed by atoms with Crippen molar-refractivity contribution in [3.63, 3.8) is 0 Å². The van der Waals surface area contributed by atoms with Crippen molar-refractivity contribution in [3.05, 3.63) is 69.8 Å². The molecule has 0 bridgehead atoms. The van der Waals surface area contributed by atoms with E-state index in [1.165, 1.54) is 12.7 Å². The summed E-state index contributed by atoms with van der Waals surface area (Å²) < 4.78 is 11.0. The molecule has 2 aliphatic rings. The zero-order valence-corrected chi connectivity index (χ0v) is 15.3. The number of anilines is 1. The number of nitrogens with zero attached hydrogens (tertiary/aromatic N) is 1. The molecule has 1 aliphatic carbocycles. The van der Waals surface area contributed by atoms with Crippen molar-refractivity contribution >= 4 is 11.4 Å². The molecule has 4 rings (SSSR count). The minimum absolute atomic E-state index is 0.0109. The molecule has 3 atom stereocenters. The number of methoxy groups -OCH3 is 1. The topological polar surface area (TPSA) is 73.6 Å². The molecule has 2 aromatic rings. The molecule has 27 heavy (non-hydrogen) atoms. The van der Waals surface area contributed by atoms with Gasteiger partial charge in [0.25, 0.3) is 0 Å². The number of nitro groups is 1. The average Bonchev–Trinajstić information content (AvgIpc) is 3.17. The summed E-state index contributed by atoms with van der Waals surface area (Å²) in [4.78, 5) is 11.1. The minimum atomic E-state index is -0.394. The zero-order chi connectivity index (χ0) is 19.0. The van der Waals surface area contributed by atoms with E-state index < -0.39 is 4.92 Å². The van der Waals surface area contributed by atoms with Gasteiger partial charge in [-0.3, -0.25) is 10.1 Å². The number of allylic oxidation sites excluding steroid dienone is 2. The van der Waals surface area contributed by atoms with Crippen LogP contribution in [0.3, 0.4) is 0 Å². The van der Waals surface area contributed by atoms with Crippen LogP contribution in [0.5, 0.6) is 11.5 Å². The second-order valence-electron chi connectivity index (χ2n) is 6.82. The molecule has 6 nitrogen and oxygen atoms in total. The second-order valence-corrected chi connectivity index (χ2v) is 6.82. The van der Waals surface area contributed by atoms with Crippen molar-refractivity contribution in [2.75, 3.05) is 19.0 Å². The van der Waals surface area contributed by atoms with Crippen molar-refractivity contribution in [1.29, 1.82) is 0 Å². The molecule has 1 heterocycles. The summed E-state index contributed by atoms with van der Waals surface area (Å²) in [5.41, 5.74) is 3.08. The lowest BCUT2D eigenvalue weighted by molar-refractivity contribution is -0.385. The van der Waals surface area contributed by atoms with Gasteiger partial charge >= 0.3 is 5.69 Å². The van der Waals surface area contributed by atoms with Gasteiger partial charge in [-0.2, -0.15) is 0 Å². The van der Waals surface area contributed by atoms with Gasteiger partial charge in [-0.05, 0) is 42.5 Å². The van der Waals surface area contributed by atoms with E-state index in [4.69, 9.17) is 9.47 Å². The highest BCUT2D eigenvalue weighted by Crippen LogP contribution is 2.52. The van der Waals surface area contributed by atoms with E-state index in [9.17, 15) is 10.1 Å². The third-order valence-electron chi connectivity index (χ3n) is 5.42. The van der Waals surface area contributed by atoms with Gasteiger partial charge in [-0.25, -0.2) is 0 Å². The van der Waals surface area contributed by atoms with Gasteiger partial charge in [0.1, 0.15) is 5.75 Å². The van der Waals surface area contributed by atoms with E-state index in [1.54, 1.807) is 12.1 Å². The first-order chi connectivity index (χ1) is 13.1. The van der Waals surface area contributed by atoms with Gasteiger partial charge in [0, 0.05) is 12.0 Å². The van der Waals surface area contributed by atoms with Crippen LogP contribution in [-0.4, -0.2) is 18.6 Å². The normalized spacial score (nSPS) is 22.5. The molecule has 0 spiro atoms. The first kappa shape index (κ1) is 17.4. The van der Waals surface area contributed by atoms with Gasteiger partial charge < -0.3 is 14.8 Å². The number of ether oxygens (including phenoxy) is 2. The first-order valence-electron chi connectivity index (χ1n) is 9.15. The predicted octanol–water partition coefficient (Wildman–Crippen LogP) is 4.83. The zero-order valence-electron chi connectivity index (χ0n) is 15.3. The Morgan fingerprint density at radius 2 is 2.11 bits per heavy atom. The average molecular weight is 366 g/mol. The Labute approximate surface area is 158 Å². The number of nitrogens with one attached hydrogen (secondary N) is 1. The Balaban J connectivity index is 1.79. The SMILES string of the molecule is CCOc1cccc2c1N[C@H](c1ccc(OC)c([N+](=O)[O-])c1)[C@@H]1CC=C[C@H]21. The Morgan fingerprint density at radius 3 is 2.85 bits per heavy atom. The van der Waals surface area contributed by atoms with E-state index in [2.05, 4.69) is 23.5 Å². The number of para-hydroxylation sites is 1. The monoisotopic (exact) mass is 366 g/mol. The number of nitro benzene ring substituents is 1. The standard InChI is InChI=1S/C21H22N2O4/c1-3-27-19-9-5-8-16-14-6-4-7-15(14)20(22-21(16)19)13-10-11-18(26-2)17(12-13)23(24)25/h4-6,8-12,14-15,20,22H,3,7H2,1-2H3/t14-,15+,20+/m0/s1. The van der Waals surface area contributed by atoms with E-state index in [-0.39, 0.29) is 23.4 Å². The fraction of sp³-hybridized carbons (Fsp3) is 0.333. The van der Waals surface area contributed by atoms with Gasteiger partial charge in [0.05, 0.1) is 30.4 Å². The van der Waals surface area contributed by atoms with Gasteiger partial charge in [-0.15, -0.1) is 0 Å². The van der Waals surface area contributed by atoms with Crippen molar-refractivity contribution < 1.29 is 14.4 Å². The van der Waals surface area contributed by atoms with Gasteiger partial charge in [0.15, 0.2) is 5.75 Å². The third-order valence-corrected chi connectivity index (χ3v) is 5.42. The Bertz CT molecular complexity index is 909. The highest BCUT2D eigenvalue weighted by molar-refractivity contribution is 5.68. The number of fused-ring (bicyclic) bond motifs is 3. The molecule has 0 amide bonds. The molecule has 0 aromatic heterocycles. The fourth-order valence-electron chi connectivity index (χ4n) is 4.24. The molecule has 2 aromatic carbocycles. The Morgan fingerprint density at radius 1 is 1.26 bits per heavy atom. The lowest BCUT2D eigenvalue weighted by Gasteiger charge is -2.38. The number of hydrogen-bond donors (Lipinski definition) is 1. The summed E-state index contributed by atoms with van der Waals surface area (Å²) in [7, 11) is 1.45. The van der Waals surface area contributed by atoms with Crippen LogP contribution in [0.1, 0.15) is 36.4 Å². The molecular weight excluding hydrogens is 344 g/mol. The van der Waals surface area contributed by atoms with Crippen LogP contribution < -0.4 is 14.8 Å². The van der Waals surface area contributed by atoms with Crippen molar-refractivity contribution in [1.82, 2.24) is 0 Å². The predicted molar refractivity (Wildman–Crippen MR) is 104 cm³/mol. The highest BCUT2D eigenvalue weighted by atomic mass is 16.6. The van der Waals surface area contributed by atoms with Gasteiger partial charge in [-0.1, -0.05) is 30.4 Å². The highest BCUT2D eigenvalue weighted by Gasteiger charge is 2.39. The van der Waals surface area contributed by atoms with E-state index in [1.807, 2.05) is 25.1 Å². The smallest absolute Gasteiger partial charge is 0.311 e. The fourth-order valence-corrected chi connectivity index (χ4v) is 4.24. The lowest BCUT2D eigenvalue weighted by atomic mass is 9.77. The lowest BCUT2D eigenvalue weighted by Crippen LogP contribution is -2.29. The number of hydrogen-bond acceptors (Lipinski definition) is 5. The molecular formula is C21H22N2O4. The van der Waals surface area contributed by atoms with Crippen LogP contribution in [0.2, 0.25) is 0 Å². The molecule has 0 unspecified atom stereocenters. The Hall–Kier alpha value is -3.02. The second kappa shape index (κ2) is 6.95. The first-order valence-corrected chi connectivity index (χ1v) is 9.15. The number of benzene rings is 2. The maximum absolute atomic E-state index is 11.5. The summed E-state index contributed by atoms with van der Waals surface area (Å²) in [6.07, 6.45) is 5.37. The molecule has 0 fully saturated rings. The summed E-state index contributed by atoms with van der Waals surface area (Å²) >= 11 is 0. The maximum Gasteiger partial charge on any atom is 0.311 e. The van der Waals surface area contributed by atoms with Crippen molar-refractivity contribution in [2.24, 2.45) is 5.92 Å². The van der Waals surface area contributed by atoms with E-state index in [0.29, 0.717) is 12.5 Å². The molecule has 1 N–H and O–H groups in total. The summed E-state index contributed by atoms with van der Waals surface area (Å²) in [6, 6.07) is 11.3. The van der Waals surface area contributed by atoms with E-state index in [0.717, 1.165) is 23.4 Å². The van der Waals surface area contributed by atoms with E-state index >= 15 is 0 Å². The van der Waals surface area contributed by atoms with Gasteiger partial charge in [0.2, 0.25) is 0 Å². The molecule has 1 aliphatic heterocycles. The Kier molecular flexibility index (Phi) is 4.48. The van der Waals surface area contributed by atoms with Crippen molar-refractivity contribution in [3.8, 4) is 11.5 Å². The minimum Gasteiger partial charge on any atom is -0.492 e. The number of rotatable bonds is 5. The van der Waals surface area contributed by atoms with Crippen LogP contribution in [0.15, 0.2) is 48.6 Å². The molecule has 140 valence electrons. The molecule has 0 saturated carbocycles. The summed E-state index contributed by atoms with van der Waals surface area (Å²) in [5.74, 6) is 1.67. The molecule has 0 radical (unpaired) electrons. The quantitative estimate of drug-likeness (QED) is 0.466. The van der Waals surface area contributed by atoms with Crippen LogP contribution in [0, 0.1) is 16.0 Å². The summed E-state index contributed by atoms with van der Waals surface area (Å²) in [6.45, 7) is 2.55. The van der Waals surface area contributed by atoms with Crippen molar-refractivity contribution in [2.45, 2.75) is 25.3 Å². The third kappa shape index (κ3) is 2.91. The van der Waals surface area contributed by atoms with Crippen LogP contribution >= 0.6 is 0 Å². The van der Waals surface area contributed by atoms with Crippen LogP contribution in [0.4, 0.5) is 11.4 Å². The molecule has 0 saturated heterocycles. The molecule has 6 heteroatoms. The van der Waals surface area contributed by atoms with Crippen LogP contribution in [0.25, 0.3) is 0 Å². The summed E-state index contributed by atoms with van der Waals surface area (Å²) in [5, 5.41) is 15.1. The van der Waals surface area contributed by atoms with Crippen LogP contribution in [-0.2, 0) is 0 Å². The maximum atomic E-state index is 11.5. The largest absolute Gasteiger partial charge is 0.492 e.